The molecule has 0 rings (SSSR count). The first-order valence-corrected chi connectivity index (χ1v) is 11.2. The molecule has 29 heavy (non-hydrogen) atoms. The highest BCUT2D eigenvalue weighted by Gasteiger charge is 2.15. The molecule has 0 saturated carbocycles. The predicted molar refractivity (Wildman–Crippen MR) is 123 cm³/mol. The molecule has 4 heteroatoms. The summed E-state index contributed by atoms with van der Waals surface area (Å²) >= 11 is 0. The van der Waals surface area contributed by atoms with Gasteiger partial charge in [0.05, 0.1) is 13.2 Å². The lowest BCUT2D eigenvalue weighted by Gasteiger charge is -2.22. The molecule has 1 unspecified atom stereocenters. The maximum Gasteiger partial charge on any atom is 0.330 e. The second kappa shape index (κ2) is 19.7. The molecule has 0 aliphatic rings. The number of hydrogen-bond donors (Lipinski definition) is 0. The number of carbonyl (C=O) groups is 2. The van der Waals surface area contributed by atoms with Gasteiger partial charge >= 0.3 is 11.9 Å². The van der Waals surface area contributed by atoms with Gasteiger partial charge in [0.15, 0.2) is 0 Å². The third-order valence-electron chi connectivity index (χ3n) is 4.39. The first-order valence-electron chi connectivity index (χ1n) is 11.2. The van der Waals surface area contributed by atoms with Crippen molar-refractivity contribution in [3.05, 3.63) is 25.3 Å². The standard InChI is InChI=1S/C13H24O2.C12H22O2/c1-3-5-6-7-8-9-10-11-12-15-13(14)4-2;1-6-11(13)14-8-7-10(2)9-12(3,4)5/h4H,2-3,5-12H2,1H3;6,10H,1,7-9H2,2-5H3. The molecule has 0 aliphatic heterocycles. The molecule has 4 nitrogen and oxygen atoms in total. The van der Waals surface area contributed by atoms with Gasteiger partial charge in [-0.25, -0.2) is 9.59 Å². The fourth-order valence-corrected chi connectivity index (χ4v) is 3.03. The predicted octanol–water partition coefficient (Wildman–Crippen LogP) is 7.03. The van der Waals surface area contributed by atoms with Crippen LogP contribution in [-0.4, -0.2) is 25.2 Å². The minimum absolute atomic E-state index is 0.307. The van der Waals surface area contributed by atoms with Gasteiger partial charge < -0.3 is 9.47 Å². The summed E-state index contributed by atoms with van der Waals surface area (Å²) < 4.78 is 9.80. The van der Waals surface area contributed by atoms with Crippen molar-refractivity contribution in [1.29, 1.82) is 0 Å². The molecule has 0 aromatic rings. The average Bonchev–Trinajstić information content (AvgIpc) is 2.65. The molecule has 0 amide bonds. The third kappa shape index (κ3) is 26.4. The van der Waals surface area contributed by atoms with Crippen molar-refractivity contribution in [2.24, 2.45) is 11.3 Å². The zero-order chi connectivity index (χ0) is 22.5. The van der Waals surface area contributed by atoms with E-state index in [9.17, 15) is 9.59 Å². The molecule has 0 aliphatic carbocycles. The van der Waals surface area contributed by atoms with Crippen molar-refractivity contribution in [3.63, 3.8) is 0 Å². The zero-order valence-corrected chi connectivity index (χ0v) is 19.8. The summed E-state index contributed by atoms with van der Waals surface area (Å²) in [5.74, 6) is -0.0430. The molecule has 0 N–H and O–H groups in total. The number of unbranched alkanes of at least 4 members (excludes halogenated alkanes) is 7. The fourth-order valence-electron chi connectivity index (χ4n) is 3.03. The average molecular weight is 411 g/mol. The van der Waals surface area contributed by atoms with Gasteiger partial charge in [-0.3, -0.25) is 0 Å². The molecular formula is C25H46O4. The number of carbonyl (C=O) groups excluding carboxylic acids is 2. The van der Waals surface area contributed by atoms with E-state index in [1.807, 2.05) is 0 Å². The summed E-state index contributed by atoms with van der Waals surface area (Å²) in [5.41, 5.74) is 0.349. The molecule has 1 atom stereocenters. The van der Waals surface area contributed by atoms with Crippen LogP contribution in [0.15, 0.2) is 25.3 Å². The molecule has 0 aromatic heterocycles. The van der Waals surface area contributed by atoms with E-state index in [1.54, 1.807) is 0 Å². The van der Waals surface area contributed by atoms with E-state index in [4.69, 9.17) is 9.47 Å². The van der Waals surface area contributed by atoms with Gasteiger partial charge in [0, 0.05) is 12.2 Å². The summed E-state index contributed by atoms with van der Waals surface area (Å²) in [6.07, 6.45) is 14.6. The summed E-state index contributed by atoms with van der Waals surface area (Å²) in [7, 11) is 0. The Kier molecular flexibility index (Phi) is 20.1. The molecule has 0 heterocycles. The van der Waals surface area contributed by atoms with E-state index < -0.39 is 0 Å². The second-order valence-corrected chi connectivity index (χ2v) is 8.88. The summed E-state index contributed by atoms with van der Waals surface area (Å²) in [4.78, 5) is 21.4. The van der Waals surface area contributed by atoms with Crippen LogP contribution in [0, 0.1) is 11.3 Å². The Bertz CT molecular complexity index is 435. The SMILES string of the molecule is C=CC(=O)OCCC(C)CC(C)(C)C.C=CC(=O)OCCCCCCCCCC. The monoisotopic (exact) mass is 410 g/mol. The van der Waals surface area contributed by atoms with Gasteiger partial charge in [-0.1, -0.05) is 92.7 Å². The molecular weight excluding hydrogens is 364 g/mol. The van der Waals surface area contributed by atoms with Gasteiger partial charge in [-0.15, -0.1) is 0 Å². The lowest BCUT2D eigenvalue weighted by molar-refractivity contribution is -0.138. The second-order valence-electron chi connectivity index (χ2n) is 8.88. The highest BCUT2D eigenvalue weighted by molar-refractivity contribution is 5.81. The van der Waals surface area contributed by atoms with E-state index in [2.05, 4.69) is 47.8 Å². The molecule has 0 bridgehead atoms. The smallest absolute Gasteiger partial charge is 0.330 e. The maximum atomic E-state index is 10.7. The van der Waals surface area contributed by atoms with Crippen LogP contribution in [0.4, 0.5) is 0 Å². The normalized spacial score (nSPS) is 11.6. The Morgan fingerprint density at radius 3 is 1.72 bits per heavy atom. The van der Waals surface area contributed by atoms with Gasteiger partial charge in [0.25, 0.3) is 0 Å². The Morgan fingerprint density at radius 1 is 0.828 bits per heavy atom. The van der Waals surface area contributed by atoms with Gasteiger partial charge in [-0.05, 0) is 30.6 Å². The minimum atomic E-state index is -0.326. The fraction of sp³-hybridized carbons (Fsp3) is 0.760. The number of ether oxygens (including phenoxy) is 2. The molecule has 0 aromatic carbocycles. The Labute approximate surface area is 180 Å². The van der Waals surface area contributed by atoms with Crippen LogP contribution in [0.5, 0.6) is 0 Å². The molecule has 0 spiro atoms. The minimum Gasteiger partial charge on any atom is -0.463 e. The van der Waals surface area contributed by atoms with E-state index in [1.165, 1.54) is 50.7 Å². The lowest BCUT2D eigenvalue weighted by Crippen LogP contribution is -2.13. The van der Waals surface area contributed by atoms with Gasteiger partial charge in [0.2, 0.25) is 0 Å². The van der Waals surface area contributed by atoms with Crippen molar-refractivity contribution >= 4 is 11.9 Å². The van der Waals surface area contributed by atoms with Gasteiger partial charge in [0.1, 0.15) is 0 Å². The van der Waals surface area contributed by atoms with E-state index in [0.717, 1.165) is 25.7 Å². The molecule has 0 saturated heterocycles. The molecule has 0 fully saturated rings. The van der Waals surface area contributed by atoms with Crippen LogP contribution in [0.25, 0.3) is 0 Å². The first kappa shape index (κ1) is 29.6. The Hall–Kier alpha value is -1.58. The van der Waals surface area contributed by atoms with Crippen LogP contribution >= 0.6 is 0 Å². The third-order valence-corrected chi connectivity index (χ3v) is 4.39. The highest BCUT2D eigenvalue weighted by Crippen LogP contribution is 2.25. The van der Waals surface area contributed by atoms with Crippen LogP contribution in [-0.2, 0) is 19.1 Å². The number of rotatable bonds is 15. The van der Waals surface area contributed by atoms with Crippen LogP contribution in [0.3, 0.4) is 0 Å². The lowest BCUT2D eigenvalue weighted by atomic mass is 9.84. The van der Waals surface area contributed by atoms with E-state index in [-0.39, 0.29) is 11.9 Å². The Morgan fingerprint density at radius 2 is 1.28 bits per heavy atom. The molecule has 170 valence electrons. The number of esters is 2. The van der Waals surface area contributed by atoms with Crippen molar-refractivity contribution in [2.45, 2.75) is 98.8 Å². The first-order chi connectivity index (χ1) is 13.7. The van der Waals surface area contributed by atoms with E-state index >= 15 is 0 Å². The van der Waals surface area contributed by atoms with Crippen molar-refractivity contribution in [2.75, 3.05) is 13.2 Å². The highest BCUT2D eigenvalue weighted by atomic mass is 16.5. The summed E-state index contributed by atoms with van der Waals surface area (Å²) in [5, 5.41) is 0. The van der Waals surface area contributed by atoms with Crippen molar-refractivity contribution in [1.82, 2.24) is 0 Å². The van der Waals surface area contributed by atoms with Crippen LogP contribution in [0.1, 0.15) is 98.8 Å². The maximum absolute atomic E-state index is 10.7. The topological polar surface area (TPSA) is 52.6 Å². The largest absolute Gasteiger partial charge is 0.463 e. The van der Waals surface area contributed by atoms with E-state index in [0.29, 0.717) is 24.5 Å². The van der Waals surface area contributed by atoms with Crippen molar-refractivity contribution in [3.8, 4) is 0 Å². The van der Waals surface area contributed by atoms with Gasteiger partial charge in [-0.2, -0.15) is 0 Å². The van der Waals surface area contributed by atoms with Crippen LogP contribution in [0.2, 0.25) is 0 Å². The Balaban J connectivity index is 0. The number of hydrogen-bond acceptors (Lipinski definition) is 4. The summed E-state index contributed by atoms with van der Waals surface area (Å²) in [6.45, 7) is 18.8. The van der Waals surface area contributed by atoms with Crippen molar-refractivity contribution < 1.29 is 19.1 Å². The summed E-state index contributed by atoms with van der Waals surface area (Å²) in [6, 6.07) is 0. The quantitative estimate of drug-likeness (QED) is 0.165. The molecule has 0 radical (unpaired) electrons. The van der Waals surface area contributed by atoms with Crippen LogP contribution < -0.4 is 0 Å². The zero-order valence-electron chi connectivity index (χ0n) is 19.8.